The summed E-state index contributed by atoms with van der Waals surface area (Å²) in [5.74, 6) is 0. The topological polar surface area (TPSA) is 29.5 Å². The van der Waals surface area contributed by atoms with Gasteiger partial charge < -0.3 is 0 Å². The first-order chi connectivity index (χ1) is 4.31. The highest BCUT2D eigenvalue weighted by Crippen LogP contribution is 2.04. The van der Waals surface area contributed by atoms with E-state index in [-0.39, 0.29) is 6.10 Å². The fraction of sp³-hybridized carbons (Fsp3) is 1.00. The van der Waals surface area contributed by atoms with Crippen LogP contribution >= 0.6 is 0 Å². The molecule has 2 nitrogen and oxygen atoms in total. The highest BCUT2D eigenvalue weighted by molar-refractivity contribution is 4.47. The van der Waals surface area contributed by atoms with Crippen molar-refractivity contribution in [3.8, 4) is 0 Å². The van der Waals surface area contributed by atoms with Gasteiger partial charge in [-0.25, -0.2) is 4.89 Å². The van der Waals surface area contributed by atoms with Crippen molar-refractivity contribution in [3.05, 3.63) is 0 Å². The maximum atomic E-state index is 8.13. The van der Waals surface area contributed by atoms with Crippen molar-refractivity contribution < 1.29 is 10.1 Å². The molecule has 0 bridgehead atoms. The summed E-state index contributed by atoms with van der Waals surface area (Å²) in [4.78, 5) is 4.10. The molecule has 0 aliphatic carbocycles. The molecule has 0 rings (SSSR count). The average molecular weight is 132 g/mol. The largest absolute Gasteiger partial charge is 0.252 e. The molecule has 0 aromatic carbocycles. The van der Waals surface area contributed by atoms with Crippen LogP contribution in [-0.2, 0) is 4.89 Å². The molecule has 0 aliphatic rings. The van der Waals surface area contributed by atoms with Gasteiger partial charge in [-0.3, -0.25) is 5.26 Å². The van der Waals surface area contributed by atoms with E-state index in [4.69, 9.17) is 5.26 Å². The van der Waals surface area contributed by atoms with Gasteiger partial charge in [-0.2, -0.15) is 0 Å². The van der Waals surface area contributed by atoms with Crippen molar-refractivity contribution in [1.82, 2.24) is 0 Å². The lowest BCUT2D eigenvalue weighted by atomic mass is 10.1. The van der Waals surface area contributed by atoms with Gasteiger partial charge in [0.25, 0.3) is 0 Å². The lowest BCUT2D eigenvalue weighted by Crippen LogP contribution is -2.03. The molecular weight excluding hydrogens is 116 g/mol. The first-order valence-electron chi connectivity index (χ1n) is 3.61. The maximum Gasteiger partial charge on any atom is 0.0899 e. The molecule has 0 aliphatic heterocycles. The molecule has 0 saturated heterocycles. The molecule has 0 aromatic rings. The van der Waals surface area contributed by atoms with Gasteiger partial charge in [-0.15, -0.1) is 0 Å². The minimum atomic E-state index is 0.0107. The number of hydrogen-bond donors (Lipinski definition) is 1. The van der Waals surface area contributed by atoms with E-state index in [1.165, 1.54) is 12.8 Å². The maximum absolute atomic E-state index is 8.13. The molecule has 0 heterocycles. The SMILES string of the molecule is CCCCC[C@H](C)OO. The highest BCUT2D eigenvalue weighted by atomic mass is 17.1. The molecule has 0 saturated carbocycles. The van der Waals surface area contributed by atoms with Crippen LogP contribution in [0.2, 0.25) is 0 Å². The molecule has 2 heteroatoms. The second-order valence-electron chi connectivity index (χ2n) is 2.41. The van der Waals surface area contributed by atoms with Gasteiger partial charge in [0.1, 0.15) is 0 Å². The Morgan fingerprint density at radius 3 is 2.56 bits per heavy atom. The Hall–Kier alpha value is -0.0800. The molecule has 0 amide bonds. The minimum absolute atomic E-state index is 0.0107. The summed E-state index contributed by atoms with van der Waals surface area (Å²) in [5.41, 5.74) is 0. The summed E-state index contributed by atoms with van der Waals surface area (Å²) in [6.07, 6.45) is 4.57. The summed E-state index contributed by atoms with van der Waals surface area (Å²) in [5, 5.41) is 8.13. The third kappa shape index (κ3) is 5.80. The molecule has 1 N–H and O–H groups in total. The molecule has 0 spiro atoms. The van der Waals surface area contributed by atoms with Crippen LogP contribution in [0, 0.1) is 0 Å². The quantitative estimate of drug-likeness (QED) is 0.353. The number of rotatable bonds is 5. The summed E-state index contributed by atoms with van der Waals surface area (Å²) in [6, 6.07) is 0. The summed E-state index contributed by atoms with van der Waals surface area (Å²) in [7, 11) is 0. The van der Waals surface area contributed by atoms with Crippen LogP contribution in [0.25, 0.3) is 0 Å². The zero-order valence-electron chi connectivity index (χ0n) is 6.26. The Kier molecular flexibility index (Phi) is 5.99. The molecule has 0 unspecified atom stereocenters. The van der Waals surface area contributed by atoms with Gasteiger partial charge in [0.05, 0.1) is 6.10 Å². The van der Waals surface area contributed by atoms with E-state index in [0.29, 0.717) is 0 Å². The minimum Gasteiger partial charge on any atom is -0.252 e. The molecule has 0 radical (unpaired) electrons. The van der Waals surface area contributed by atoms with E-state index in [1.807, 2.05) is 6.92 Å². The van der Waals surface area contributed by atoms with E-state index in [2.05, 4.69) is 11.8 Å². The second kappa shape index (κ2) is 6.05. The Labute approximate surface area is 56.8 Å². The van der Waals surface area contributed by atoms with Crippen molar-refractivity contribution in [2.24, 2.45) is 0 Å². The van der Waals surface area contributed by atoms with E-state index in [0.717, 1.165) is 12.8 Å². The van der Waals surface area contributed by atoms with E-state index < -0.39 is 0 Å². The van der Waals surface area contributed by atoms with Crippen LogP contribution in [0.15, 0.2) is 0 Å². The third-order valence-electron chi connectivity index (χ3n) is 1.39. The normalized spacial score (nSPS) is 13.7. The van der Waals surface area contributed by atoms with E-state index in [9.17, 15) is 0 Å². The lowest BCUT2D eigenvalue weighted by Gasteiger charge is -2.04. The number of hydrogen-bond acceptors (Lipinski definition) is 2. The Bertz CT molecular complexity index is 54.9. The average Bonchev–Trinajstić information content (AvgIpc) is 1.89. The molecule has 56 valence electrons. The summed E-state index contributed by atoms with van der Waals surface area (Å²) < 4.78 is 0. The Morgan fingerprint density at radius 1 is 1.44 bits per heavy atom. The fourth-order valence-corrected chi connectivity index (χ4v) is 0.734. The van der Waals surface area contributed by atoms with Crippen molar-refractivity contribution in [2.75, 3.05) is 0 Å². The van der Waals surface area contributed by atoms with Crippen molar-refractivity contribution in [3.63, 3.8) is 0 Å². The monoisotopic (exact) mass is 132 g/mol. The van der Waals surface area contributed by atoms with Crippen LogP contribution in [0.4, 0.5) is 0 Å². The Morgan fingerprint density at radius 2 is 2.11 bits per heavy atom. The lowest BCUT2D eigenvalue weighted by molar-refractivity contribution is -0.275. The zero-order chi connectivity index (χ0) is 7.11. The Balaban J connectivity index is 2.88. The molecule has 0 fully saturated rings. The van der Waals surface area contributed by atoms with E-state index in [1.54, 1.807) is 0 Å². The predicted octanol–water partition coefficient (Wildman–Crippen LogP) is 2.44. The molecule has 0 aromatic heterocycles. The number of unbranched alkanes of at least 4 members (excludes halogenated alkanes) is 2. The predicted molar refractivity (Wildman–Crippen MR) is 37.3 cm³/mol. The van der Waals surface area contributed by atoms with Gasteiger partial charge in [-0.1, -0.05) is 26.2 Å². The van der Waals surface area contributed by atoms with Crippen LogP contribution < -0.4 is 0 Å². The first-order valence-corrected chi connectivity index (χ1v) is 3.61. The van der Waals surface area contributed by atoms with Gasteiger partial charge in [0, 0.05) is 0 Å². The van der Waals surface area contributed by atoms with Gasteiger partial charge >= 0.3 is 0 Å². The second-order valence-corrected chi connectivity index (χ2v) is 2.41. The van der Waals surface area contributed by atoms with Gasteiger partial charge in [-0.05, 0) is 13.3 Å². The zero-order valence-corrected chi connectivity index (χ0v) is 6.26. The summed E-state index contributed by atoms with van der Waals surface area (Å²) in [6.45, 7) is 4.03. The van der Waals surface area contributed by atoms with Crippen molar-refractivity contribution in [1.29, 1.82) is 0 Å². The van der Waals surface area contributed by atoms with Crippen LogP contribution in [0.3, 0.4) is 0 Å². The standard InChI is InChI=1S/C7H16O2/c1-3-4-5-6-7(2)9-8/h7-8H,3-6H2,1-2H3/t7-/m0/s1. The van der Waals surface area contributed by atoms with E-state index >= 15 is 0 Å². The van der Waals surface area contributed by atoms with Crippen molar-refractivity contribution >= 4 is 0 Å². The molecular formula is C7H16O2. The first kappa shape index (κ1) is 8.92. The van der Waals surface area contributed by atoms with Gasteiger partial charge in [0.15, 0.2) is 0 Å². The summed E-state index contributed by atoms with van der Waals surface area (Å²) >= 11 is 0. The third-order valence-corrected chi connectivity index (χ3v) is 1.39. The fourth-order valence-electron chi connectivity index (χ4n) is 0.734. The smallest absolute Gasteiger partial charge is 0.0899 e. The molecule has 1 atom stereocenters. The highest BCUT2D eigenvalue weighted by Gasteiger charge is 1.98. The van der Waals surface area contributed by atoms with Crippen LogP contribution in [0.1, 0.15) is 39.5 Å². The molecule has 9 heavy (non-hydrogen) atoms. The van der Waals surface area contributed by atoms with Crippen molar-refractivity contribution in [2.45, 2.75) is 45.6 Å². The van der Waals surface area contributed by atoms with Crippen LogP contribution in [-0.4, -0.2) is 11.4 Å². The van der Waals surface area contributed by atoms with Gasteiger partial charge in [0.2, 0.25) is 0 Å². The van der Waals surface area contributed by atoms with Crippen LogP contribution in [0.5, 0.6) is 0 Å².